The van der Waals surface area contributed by atoms with E-state index in [0.717, 1.165) is 16.2 Å². The second kappa shape index (κ2) is 7.18. The van der Waals surface area contributed by atoms with Gasteiger partial charge in [0.2, 0.25) is 0 Å². The van der Waals surface area contributed by atoms with Gasteiger partial charge in [-0.3, -0.25) is 9.59 Å². The summed E-state index contributed by atoms with van der Waals surface area (Å²) in [7, 11) is -3.14. The highest BCUT2D eigenvalue weighted by Gasteiger charge is 2.39. The van der Waals surface area contributed by atoms with Crippen LogP contribution in [0.1, 0.15) is 18.9 Å². The van der Waals surface area contributed by atoms with Crippen molar-refractivity contribution in [1.29, 1.82) is 0 Å². The summed E-state index contributed by atoms with van der Waals surface area (Å²) in [4.78, 5) is 24.4. The van der Waals surface area contributed by atoms with E-state index < -0.39 is 33.9 Å². The highest BCUT2D eigenvalue weighted by Crippen LogP contribution is 2.30. The maximum atomic E-state index is 12.3. The van der Waals surface area contributed by atoms with Crippen molar-refractivity contribution in [1.82, 2.24) is 5.32 Å². The van der Waals surface area contributed by atoms with Crippen LogP contribution in [0.5, 0.6) is 0 Å². The average Bonchev–Trinajstić information content (AvgIpc) is 3.20. The molecule has 3 aromatic rings. The summed E-state index contributed by atoms with van der Waals surface area (Å²) in [6.45, 7) is 1.23. The number of hydrogen-bond acceptors (Lipinski definition) is 6. The number of carbonyl (C=O) groups is 2. The van der Waals surface area contributed by atoms with Crippen molar-refractivity contribution >= 4 is 43.5 Å². The summed E-state index contributed by atoms with van der Waals surface area (Å²) in [6.07, 6.45) is 1.85. The Kier molecular flexibility index (Phi) is 4.82. The molecule has 29 heavy (non-hydrogen) atoms. The fraction of sp³-hybridized carbons (Fsp3) is 0.333. The van der Waals surface area contributed by atoms with Gasteiger partial charge in [-0.1, -0.05) is 30.3 Å². The Hall–Kier alpha value is -2.87. The van der Waals surface area contributed by atoms with Gasteiger partial charge in [-0.2, -0.15) is 0 Å². The number of amides is 1. The van der Waals surface area contributed by atoms with E-state index in [-0.39, 0.29) is 17.9 Å². The second-order valence-corrected chi connectivity index (χ2v) is 9.89. The normalized spacial score (nSPS) is 20.7. The van der Waals surface area contributed by atoms with Crippen LogP contribution >= 0.6 is 0 Å². The number of fused-ring (bicyclic) bond motifs is 3. The SMILES string of the molecule is C[C@]1(NC(=O)COC(=O)Cc2coc3ccc4ccccc4c23)CCS(=O)(=O)C1. The van der Waals surface area contributed by atoms with E-state index in [2.05, 4.69) is 5.32 Å². The summed E-state index contributed by atoms with van der Waals surface area (Å²) < 4.78 is 33.9. The van der Waals surface area contributed by atoms with Gasteiger partial charge in [0.15, 0.2) is 16.4 Å². The first-order valence-electron chi connectivity index (χ1n) is 9.30. The van der Waals surface area contributed by atoms with Crippen molar-refractivity contribution in [2.45, 2.75) is 25.3 Å². The van der Waals surface area contributed by atoms with Crippen molar-refractivity contribution in [3.8, 4) is 0 Å². The lowest BCUT2D eigenvalue weighted by atomic mass is 10.0. The molecule has 1 fully saturated rings. The van der Waals surface area contributed by atoms with Crippen molar-refractivity contribution < 1.29 is 27.2 Å². The minimum atomic E-state index is -3.14. The van der Waals surface area contributed by atoms with E-state index in [9.17, 15) is 18.0 Å². The number of hydrogen-bond donors (Lipinski definition) is 1. The van der Waals surface area contributed by atoms with Crippen LogP contribution in [0.3, 0.4) is 0 Å². The lowest BCUT2D eigenvalue weighted by molar-refractivity contribution is -0.148. The molecular weight excluding hydrogens is 394 g/mol. The van der Waals surface area contributed by atoms with Gasteiger partial charge in [0.1, 0.15) is 5.58 Å². The molecule has 0 unspecified atom stereocenters. The molecule has 0 spiro atoms. The van der Waals surface area contributed by atoms with Gasteiger partial charge in [0.25, 0.3) is 5.91 Å². The van der Waals surface area contributed by atoms with Crippen LogP contribution in [-0.2, 0) is 30.6 Å². The predicted octanol–water partition coefficient (Wildman–Crippen LogP) is 2.37. The minimum Gasteiger partial charge on any atom is -0.464 e. The highest BCUT2D eigenvalue weighted by molar-refractivity contribution is 7.91. The number of sulfone groups is 1. The van der Waals surface area contributed by atoms with Crippen LogP contribution < -0.4 is 5.32 Å². The van der Waals surface area contributed by atoms with Crippen molar-refractivity contribution in [3.63, 3.8) is 0 Å². The highest BCUT2D eigenvalue weighted by atomic mass is 32.2. The Morgan fingerprint density at radius 2 is 2.00 bits per heavy atom. The molecule has 1 aliphatic heterocycles. The number of carbonyl (C=O) groups excluding carboxylic acids is 2. The first-order valence-corrected chi connectivity index (χ1v) is 11.1. The summed E-state index contributed by atoms with van der Waals surface area (Å²) in [5, 5.41) is 5.54. The molecule has 7 nitrogen and oxygen atoms in total. The van der Waals surface area contributed by atoms with Crippen LogP contribution in [-0.4, -0.2) is 43.9 Å². The van der Waals surface area contributed by atoms with Crippen molar-refractivity contribution in [3.05, 3.63) is 48.2 Å². The zero-order chi connectivity index (χ0) is 20.6. The topological polar surface area (TPSA) is 103 Å². The lowest BCUT2D eigenvalue weighted by Crippen LogP contribution is -2.48. The summed E-state index contributed by atoms with van der Waals surface area (Å²) in [5.74, 6) is -1.13. The van der Waals surface area contributed by atoms with E-state index in [0.29, 0.717) is 17.6 Å². The Morgan fingerprint density at radius 1 is 1.21 bits per heavy atom. The largest absolute Gasteiger partial charge is 0.464 e. The van der Waals surface area contributed by atoms with E-state index >= 15 is 0 Å². The Bertz CT molecular complexity index is 1210. The molecule has 2 heterocycles. The molecule has 1 atom stereocenters. The van der Waals surface area contributed by atoms with E-state index in [1.807, 2.05) is 36.4 Å². The Labute approximate surface area is 167 Å². The van der Waals surface area contributed by atoms with E-state index in [1.54, 1.807) is 6.92 Å². The van der Waals surface area contributed by atoms with Gasteiger partial charge in [-0.15, -0.1) is 0 Å². The third-order valence-electron chi connectivity index (χ3n) is 5.18. The third-order valence-corrected chi connectivity index (χ3v) is 7.09. The monoisotopic (exact) mass is 415 g/mol. The molecule has 1 aromatic heterocycles. The summed E-state index contributed by atoms with van der Waals surface area (Å²) >= 11 is 0. The minimum absolute atomic E-state index is 0.0278. The molecule has 1 amide bonds. The second-order valence-electron chi connectivity index (χ2n) is 7.71. The molecule has 152 valence electrons. The summed E-state index contributed by atoms with van der Waals surface area (Å²) in [5.41, 5.74) is 0.554. The molecule has 2 aromatic carbocycles. The quantitative estimate of drug-likeness (QED) is 0.642. The lowest BCUT2D eigenvalue weighted by Gasteiger charge is -2.23. The van der Waals surface area contributed by atoms with Gasteiger partial charge in [-0.05, 0) is 30.2 Å². The van der Waals surface area contributed by atoms with Gasteiger partial charge >= 0.3 is 5.97 Å². The predicted molar refractivity (Wildman–Crippen MR) is 108 cm³/mol. The van der Waals surface area contributed by atoms with E-state index in [4.69, 9.17) is 9.15 Å². The van der Waals surface area contributed by atoms with Gasteiger partial charge in [0, 0.05) is 10.9 Å². The average molecular weight is 415 g/mol. The third kappa shape index (κ3) is 4.12. The number of nitrogens with one attached hydrogen (secondary N) is 1. The number of benzene rings is 2. The molecular formula is C21H21NO6S. The maximum Gasteiger partial charge on any atom is 0.310 e. The van der Waals surface area contributed by atoms with Crippen LogP contribution in [0, 0.1) is 0 Å². The number of esters is 1. The zero-order valence-electron chi connectivity index (χ0n) is 15.9. The Morgan fingerprint density at radius 3 is 2.76 bits per heavy atom. The van der Waals surface area contributed by atoms with E-state index in [1.165, 1.54) is 6.26 Å². The number of rotatable bonds is 5. The smallest absolute Gasteiger partial charge is 0.310 e. The molecule has 8 heteroatoms. The van der Waals surface area contributed by atoms with Crippen molar-refractivity contribution in [2.75, 3.05) is 18.1 Å². The molecule has 0 saturated carbocycles. The first kappa shape index (κ1) is 19.4. The summed E-state index contributed by atoms with van der Waals surface area (Å²) in [6, 6.07) is 11.6. The van der Waals surface area contributed by atoms with Crippen LogP contribution in [0.25, 0.3) is 21.7 Å². The molecule has 0 bridgehead atoms. The molecule has 1 saturated heterocycles. The standard InChI is InChI=1S/C21H21NO6S/c1-21(8-9-29(25,26)13-21)22-18(23)12-28-19(24)10-15-11-27-17-7-6-14-4-2-3-5-16(14)20(15)17/h2-7,11H,8-10,12-13H2,1H3,(H,22,23)/t21-/m0/s1. The number of furan rings is 1. The molecule has 0 radical (unpaired) electrons. The first-order chi connectivity index (χ1) is 13.7. The van der Waals surface area contributed by atoms with Crippen LogP contribution in [0.15, 0.2) is 47.1 Å². The fourth-order valence-corrected chi connectivity index (χ4v) is 5.93. The fourth-order valence-electron chi connectivity index (χ4n) is 3.84. The van der Waals surface area contributed by atoms with Gasteiger partial charge < -0.3 is 14.5 Å². The van der Waals surface area contributed by atoms with Gasteiger partial charge in [0.05, 0.1) is 29.7 Å². The van der Waals surface area contributed by atoms with Gasteiger partial charge in [-0.25, -0.2) is 8.42 Å². The number of ether oxygens (including phenoxy) is 1. The van der Waals surface area contributed by atoms with Crippen LogP contribution in [0.4, 0.5) is 0 Å². The molecule has 1 N–H and O–H groups in total. The maximum absolute atomic E-state index is 12.3. The Balaban J connectivity index is 1.40. The van der Waals surface area contributed by atoms with Crippen molar-refractivity contribution in [2.24, 2.45) is 0 Å². The van der Waals surface area contributed by atoms with Crippen LogP contribution in [0.2, 0.25) is 0 Å². The molecule has 1 aliphatic rings. The zero-order valence-corrected chi connectivity index (χ0v) is 16.8. The molecule has 4 rings (SSSR count). The molecule has 0 aliphatic carbocycles.